The first-order valence-corrected chi connectivity index (χ1v) is 7.34. The quantitative estimate of drug-likeness (QED) is 0.726. The minimum atomic E-state index is -0.269. The average Bonchev–Trinajstić information content (AvgIpc) is 2.96. The van der Waals surface area contributed by atoms with E-state index in [9.17, 15) is 4.79 Å². The van der Waals surface area contributed by atoms with Crippen LogP contribution in [0.2, 0.25) is 0 Å². The third-order valence-electron chi connectivity index (χ3n) is 3.68. The van der Waals surface area contributed by atoms with E-state index in [0.717, 1.165) is 24.1 Å². The molecule has 0 unspecified atom stereocenters. The second-order valence-corrected chi connectivity index (χ2v) is 5.58. The summed E-state index contributed by atoms with van der Waals surface area (Å²) in [6, 6.07) is 1.79. The van der Waals surface area contributed by atoms with Crippen LogP contribution in [-0.4, -0.2) is 36.0 Å². The highest BCUT2D eigenvalue weighted by Crippen LogP contribution is 2.38. The number of nitrogens with one attached hydrogen (secondary N) is 2. The molecule has 118 valence electrons. The summed E-state index contributed by atoms with van der Waals surface area (Å²) in [5, 5.41) is 17.6. The maximum Gasteiger partial charge on any atom is 0.272 e. The Morgan fingerprint density at radius 1 is 1.52 bits per heavy atom. The Kier molecular flexibility index (Phi) is 3.18. The first-order chi connectivity index (χ1) is 11.2. The van der Waals surface area contributed by atoms with Gasteiger partial charge in [0.1, 0.15) is 5.69 Å². The van der Waals surface area contributed by atoms with Crippen molar-refractivity contribution >= 4 is 5.91 Å². The minimum Gasteiger partial charge on any atom is -0.342 e. The van der Waals surface area contributed by atoms with Gasteiger partial charge in [-0.3, -0.25) is 14.6 Å². The van der Waals surface area contributed by atoms with Gasteiger partial charge in [0.15, 0.2) is 0 Å². The third-order valence-corrected chi connectivity index (χ3v) is 3.68. The summed E-state index contributed by atoms with van der Waals surface area (Å²) in [6.07, 6.45) is 5.75. The van der Waals surface area contributed by atoms with Gasteiger partial charge in [0.05, 0.1) is 18.3 Å². The van der Waals surface area contributed by atoms with Crippen LogP contribution in [0.5, 0.6) is 0 Å². The van der Waals surface area contributed by atoms with Gasteiger partial charge in [-0.05, 0) is 18.9 Å². The zero-order valence-electron chi connectivity index (χ0n) is 12.5. The Balaban J connectivity index is 1.38. The van der Waals surface area contributed by atoms with Crippen LogP contribution in [0.15, 0.2) is 23.0 Å². The first-order valence-electron chi connectivity index (χ1n) is 7.34. The fraction of sp³-hybridized carbons (Fsp3) is 0.357. The van der Waals surface area contributed by atoms with Gasteiger partial charge in [-0.2, -0.15) is 15.2 Å². The van der Waals surface area contributed by atoms with Crippen LogP contribution in [0, 0.1) is 0 Å². The van der Waals surface area contributed by atoms with E-state index in [4.69, 9.17) is 4.52 Å². The van der Waals surface area contributed by atoms with Gasteiger partial charge < -0.3 is 9.84 Å². The maximum absolute atomic E-state index is 12.1. The summed E-state index contributed by atoms with van der Waals surface area (Å²) in [5.41, 5.74) is 2.15. The van der Waals surface area contributed by atoms with E-state index < -0.39 is 0 Å². The molecular formula is C14H15N7O2. The topological polar surface area (TPSA) is 115 Å². The molecule has 3 heterocycles. The molecule has 0 bridgehead atoms. The average molecular weight is 313 g/mol. The standard InChI is InChI=1S/C14H15N7O2/c1-21-7-9(5-16-21)13-17-12(23-20-13)6-15-14(22)11-4-10(18-19-11)8-2-3-8/h4-5,7-8H,2-3,6H2,1H3,(H,15,22)(H,18,19). The fourth-order valence-corrected chi connectivity index (χ4v) is 2.28. The lowest BCUT2D eigenvalue weighted by molar-refractivity contribution is 0.0941. The van der Waals surface area contributed by atoms with E-state index in [0.29, 0.717) is 23.3 Å². The van der Waals surface area contributed by atoms with Gasteiger partial charge in [-0.15, -0.1) is 0 Å². The Bertz CT molecular complexity index is 843. The molecule has 1 aliphatic carbocycles. The second kappa shape index (κ2) is 5.34. The number of carbonyl (C=O) groups excluding carboxylic acids is 1. The monoisotopic (exact) mass is 313 g/mol. The van der Waals surface area contributed by atoms with Crippen molar-refractivity contribution in [2.24, 2.45) is 7.05 Å². The molecule has 0 aliphatic heterocycles. The summed E-state index contributed by atoms with van der Waals surface area (Å²) >= 11 is 0. The number of nitrogens with zero attached hydrogens (tertiary/aromatic N) is 5. The highest BCUT2D eigenvalue weighted by molar-refractivity contribution is 5.92. The van der Waals surface area contributed by atoms with Crippen LogP contribution in [-0.2, 0) is 13.6 Å². The molecule has 1 saturated carbocycles. The summed E-state index contributed by atoms with van der Waals surface area (Å²) < 4.78 is 6.78. The summed E-state index contributed by atoms with van der Waals surface area (Å²) in [7, 11) is 1.81. The predicted octanol–water partition coefficient (Wildman–Crippen LogP) is 1.00. The van der Waals surface area contributed by atoms with E-state index >= 15 is 0 Å². The van der Waals surface area contributed by atoms with Crippen LogP contribution in [0.25, 0.3) is 11.4 Å². The molecule has 0 radical (unpaired) electrons. The Morgan fingerprint density at radius 3 is 3.13 bits per heavy atom. The molecule has 0 spiro atoms. The number of aromatic nitrogens is 6. The molecule has 1 aliphatic rings. The number of H-pyrrole nitrogens is 1. The van der Waals surface area contributed by atoms with Crippen molar-refractivity contribution in [3.63, 3.8) is 0 Å². The predicted molar refractivity (Wildman–Crippen MR) is 78.2 cm³/mol. The molecule has 9 heteroatoms. The molecular weight excluding hydrogens is 298 g/mol. The van der Waals surface area contributed by atoms with E-state index in [1.807, 2.05) is 7.05 Å². The van der Waals surface area contributed by atoms with Crippen molar-refractivity contribution in [1.29, 1.82) is 0 Å². The smallest absolute Gasteiger partial charge is 0.272 e. The second-order valence-electron chi connectivity index (χ2n) is 5.58. The number of aryl methyl sites for hydroxylation is 1. The van der Waals surface area contributed by atoms with Gasteiger partial charge >= 0.3 is 0 Å². The number of aromatic amines is 1. The van der Waals surface area contributed by atoms with Crippen LogP contribution < -0.4 is 5.32 Å². The summed E-state index contributed by atoms with van der Waals surface area (Å²) in [5.74, 6) is 1.03. The molecule has 0 aromatic carbocycles. The molecule has 0 saturated heterocycles. The van der Waals surface area contributed by atoms with Crippen LogP contribution >= 0.6 is 0 Å². The molecule has 9 nitrogen and oxygen atoms in total. The molecule has 1 fully saturated rings. The van der Waals surface area contributed by atoms with Crippen LogP contribution in [0.3, 0.4) is 0 Å². The highest BCUT2D eigenvalue weighted by Gasteiger charge is 2.26. The van der Waals surface area contributed by atoms with Crippen molar-refractivity contribution in [2.75, 3.05) is 0 Å². The molecule has 1 amide bonds. The molecule has 2 N–H and O–H groups in total. The minimum absolute atomic E-state index is 0.151. The van der Waals surface area contributed by atoms with Crippen molar-refractivity contribution < 1.29 is 9.32 Å². The van der Waals surface area contributed by atoms with Crippen molar-refractivity contribution in [2.45, 2.75) is 25.3 Å². The van der Waals surface area contributed by atoms with E-state index in [1.165, 1.54) is 0 Å². The van der Waals surface area contributed by atoms with Crippen molar-refractivity contribution in [1.82, 2.24) is 35.4 Å². The van der Waals surface area contributed by atoms with Crippen molar-refractivity contribution in [3.05, 3.63) is 35.7 Å². The first kappa shape index (κ1) is 13.7. The highest BCUT2D eigenvalue weighted by atomic mass is 16.5. The van der Waals surface area contributed by atoms with E-state index in [1.54, 1.807) is 23.1 Å². The number of hydrogen-bond donors (Lipinski definition) is 2. The maximum atomic E-state index is 12.1. The number of amides is 1. The van der Waals surface area contributed by atoms with Gasteiger partial charge in [-0.25, -0.2) is 0 Å². The van der Waals surface area contributed by atoms with Gasteiger partial charge in [-0.1, -0.05) is 5.16 Å². The van der Waals surface area contributed by atoms with Gasteiger partial charge in [0.25, 0.3) is 5.91 Å². The number of hydrogen-bond acceptors (Lipinski definition) is 6. The molecule has 3 aromatic rings. The Morgan fingerprint density at radius 2 is 2.39 bits per heavy atom. The molecule has 23 heavy (non-hydrogen) atoms. The zero-order chi connectivity index (χ0) is 15.8. The Hall–Kier alpha value is -2.97. The van der Waals surface area contributed by atoms with Crippen LogP contribution in [0.4, 0.5) is 0 Å². The van der Waals surface area contributed by atoms with Gasteiger partial charge in [0.2, 0.25) is 11.7 Å². The lowest BCUT2D eigenvalue weighted by Gasteiger charge is -1.97. The molecule has 4 rings (SSSR count). The summed E-state index contributed by atoms with van der Waals surface area (Å²) in [6.45, 7) is 0.151. The van der Waals surface area contributed by atoms with E-state index in [-0.39, 0.29) is 12.5 Å². The molecule has 3 aromatic heterocycles. The number of carbonyl (C=O) groups is 1. The van der Waals surface area contributed by atoms with Gasteiger partial charge in [0, 0.05) is 24.9 Å². The number of rotatable bonds is 5. The normalized spacial score (nSPS) is 14.1. The third kappa shape index (κ3) is 2.85. The lowest BCUT2D eigenvalue weighted by Crippen LogP contribution is -2.23. The largest absolute Gasteiger partial charge is 0.342 e. The zero-order valence-corrected chi connectivity index (χ0v) is 12.5. The summed E-state index contributed by atoms with van der Waals surface area (Å²) in [4.78, 5) is 16.3. The molecule has 0 atom stereocenters. The van der Waals surface area contributed by atoms with Crippen LogP contribution in [0.1, 0.15) is 40.8 Å². The van der Waals surface area contributed by atoms with E-state index in [2.05, 4.69) is 30.8 Å². The van der Waals surface area contributed by atoms with Crippen molar-refractivity contribution in [3.8, 4) is 11.4 Å². The Labute approximate surface area is 131 Å². The SMILES string of the molecule is Cn1cc(-c2noc(CNC(=O)c3cc(C4CC4)[nH]n3)n2)cn1. The fourth-order valence-electron chi connectivity index (χ4n) is 2.28. The lowest BCUT2D eigenvalue weighted by atomic mass is 10.2.